The van der Waals surface area contributed by atoms with Crippen molar-refractivity contribution in [1.82, 2.24) is 4.98 Å². The molecule has 1 spiro atoms. The molecule has 3 aliphatic rings. The van der Waals surface area contributed by atoms with Gasteiger partial charge in [0.1, 0.15) is 6.04 Å². The molecule has 1 aromatic heterocycles. The SMILES string of the molecule is C[N+]12CCC3CC31[C@H]2Cc1cc(-c2ccccc2)nc2ccccc12. The van der Waals surface area contributed by atoms with Crippen LogP contribution in [0.5, 0.6) is 0 Å². The van der Waals surface area contributed by atoms with E-state index in [1.54, 1.807) is 0 Å². The maximum atomic E-state index is 4.95. The lowest BCUT2D eigenvalue weighted by Crippen LogP contribution is -2.25. The molecule has 25 heavy (non-hydrogen) atoms. The van der Waals surface area contributed by atoms with Gasteiger partial charge in [-0.25, -0.2) is 4.98 Å². The van der Waals surface area contributed by atoms with Crippen LogP contribution in [0.15, 0.2) is 60.7 Å². The van der Waals surface area contributed by atoms with Crippen LogP contribution in [0.3, 0.4) is 0 Å². The molecular weight excluding hydrogens is 304 g/mol. The average molecular weight is 327 g/mol. The molecular formula is C23H23N2+. The number of nitrogens with zero attached hydrogens (tertiary/aromatic N) is 2. The zero-order chi connectivity index (χ0) is 16.6. The van der Waals surface area contributed by atoms with Crippen LogP contribution in [-0.4, -0.2) is 34.6 Å². The van der Waals surface area contributed by atoms with Gasteiger partial charge in [0.05, 0.1) is 24.8 Å². The molecule has 2 saturated heterocycles. The molecule has 3 heterocycles. The van der Waals surface area contributed by atoms with E-state index in [0.29, 0.717) is 5.54 Å². The predicted octanol–water partition coefficient (Wildman–Crippen LogP) is 4.44. The predicted molar refractivity (Wildman–Crippen MR) is 101 cm³/mol. The molecule has 2 aromatic carbocycles. The van der Waals surface area contributed by atoms with Gasteiger partial charge >= 0.3 is 0 Å². The highest BCUT2D eigenvalue weighted by Crippen LogP contribution is 2.75. The van der Waals surface area contributed by atoms with E-state index in [1.165, 1.54) is 46.8 Å². The first-order valence-electron chi connectivity index (χ1n) is 9.52. The quantitative estimate of drug-likeness (QED) is 0.512. The van der Waals surface area contributed by atoms with Gasteiger partial charge in [-0.3, -0.25) is 0 Å². The zero-order valence-corrected chi connectivity index (χ0v) is 14.7. The van der Waals surface area contributed by atoms with E-state index >= 15 is 0 Å². The first-order valence-corrected chi connectivity index (χ1v) is 9.52. The number of fused-ring (bicyclic) bond motifs is 1. The summed E-state index contributed by atoms with van der Waals surface area (Å²) in [5.74, 6) is 1.02. The standard InChI is InChI=1S/C23H23N2/c1-25-12-11-18-15-23(18,25)22(25)14-17-13-21(16-7-3-2-4-8-16)24-20-10-6-5-9-19(17)20/h2-10,13,18,22H,11-12,14-15H2,1H3/q+1/t18?,22-,23?,25?/m1/s1. The number of para-hydroxylation sites is 1. The van der Waals surface area contributed by atoms with Gasteiger partial charge in [0.25, 0.3) is 0 Å². The molecule has 3 aromatic rings. The van der Waals surface area contributed by atoms with E-state index in [1.807, 2.05) is 0 Å². The fourth-order valence-corrected chi connectivity index (χ4v) is 6.06. The lowest BCUT2D eigenvalue weighted by molar-refractivity contribution is -0.803. The van der Waals surface area contributed by atoms with Gasteiger partial charge < -0.3 is 4.48 Å². The summed E-state index contributed by atoms with van der Waals surface area (Å²) >= 11 is 0. The van der Waals surface area contributed by atoms with E-state index in [9.17, 15) is 0 Å². The minimum absolute atomic E-state index is 0.664. The van der Waals surface area contributed by atoms with Crippen molar-refractivity contribution in [3.63, 3.8) is 0 Å². The molecule has 6 rings (SSSR count). The Morgan fingerprint density at radius 2 is 1.88 bits per heavy atom. The van der Waals surface area contributed by atoms with Crippen molar-refractivity contribution in [3.8, 4) is 11.3 Å². The van der Waals surface area contributed by atoms with Crippen LogP contribution in [0.25, 0.3) is 22.2 Å². The average Bonchev–Trinajstić information content (AvgIpc) is 3.48. The fourth-order valence-electron chi connectivity index (χ4n) is 6.06. The van der Waals surface area contributed by atoms with E-state index in [4.69, 9.17) is 4.98 Å². The van der Waals surface area contributed by atoms with Crippen molar-refractivity contribution >= 4 is 10.9 Å². The Kier molecular flexibility index (Phi) is 2.53. The largest absolute Gasteiger partial charge is 0.308 e. The number of hydrogen-bond acceptors (Lipinski definition) is 1. The molecule has 0 radical (unpaired) electrons. The number of piperidine rings is 2. The van der Waals surface area contributed by atoms with Crippen molar-refractivity contribution in [2.45, 2.75) is 30.8 Å². The number of hydrogen-bond donors (Lipinski definition) is 0. The first kappa shape index (κ1) is 14.0. The van der Waals surface area contributed by atoms with Gasteiger partial charge in [-0.1, -0.05) is 48.5 Å². The lowest BCUT2D eigenvalue weighted by Gasteiger charge is -2.14. The van der Waals surface area contributed by atoms with Crippen LogP contribution >= 0.6 is 0 Å². The number of aromatic nitrogens is 1. The molecule has 2 nitrogen and oxygen atoms in total. The van der Waals surface area contributed by atoms with Gasteiger partial charge in [0.2, 0.25) is 0 Å². The Hall–Kier alpha value is -2.19. The van der Waals surface area contributed by atoms with Crippen molar-refractivity contribution in [2.75, 3.05) is 13.6 Å². The third-order valence-corrected chi connectivity index (χ3v) is 7.50. The van der Waals surface area contributed by atoms with Crippen LogP contribution in [-0.2, 0) is 6.42 Å². The fraction of sp³-hybridized carbons (Fsp3) is 0.348. The third kappa shape index (κ3) is 1.71. The smallest absolute Gasteiger partial charge is 0.156 e. The van der Waals surface area contributed by atoms with Crippen LogP contribution in [0, 0.1) is 5.92 Å². The summed E-state index contributed by atoms with van der Waals surface area (Å²) < 4.78 is 1.34. The summed E-state index contributed by atoms with van der Waals surface area (Å²) in [5.41, 5.74) is 5.61. The summed E-state index contributed by atoms with van der Waals surface area (Å²) in [7, 11) is 2.50. The third-order valence-electron chi connectivity index (χ3n) is 7.50. The Morgan fingerprint density at radius 1 is 1.08 bits per heavy atom. The molecule has 0 amide bonds. The Labute approximate surface area is 148 Å². The minimum atomic E-state index is 0.664. The number of likely N-dealkylation sites (N-methyl/N-ethyl adjacent to an activating group) is 1. The number of benzene rings is 2. The summed E-state index contributed by atoms with van der Waals surface area (Å²) in [5, 5.41) is 1.34. The first-order chi connectivity index (χ1) is 12.2. The van der Waals surface area contributed by atoms with Gasteiger partial charge in [-0.05, 0) is 17.7 Å². The second kappa shape index (κ2) is 4.50. The van der Waals surface area contributed by atoms with Crippen molar-refractivity contribution in [2.24, 2.45) is 5.92 Å². The molecule has 124 valence electrons. The number of pyridine rings is 1. The molecule has 3 unspecified atom stereocenters. The van der Waals surface area contributed by atoms with Crippen LogP contribution < -0.4 is 0 Å². The molecule has 1 aliphatic carbocycles. The van der Waals surface area contributed by atoms with Crippen LogP contribution in [0.2, 0.25) is 0 Å². The Balaban J connectivity index is 1.46. The topological polar surface area (TPSA) is 12.9 Å². The lowest BCUT2D eigenvalue weighted by atomic mass is 9.98. The highest BCUT2D eigenvalue weighted by atomic mass is 15.6. The monoisotopic (exact) mass is 327 g/mol. The summed E-state index contributed by atoms with van der Waals surface area (Å²) in [4.78, 5) is 4.95. The summed E-state index contributed by atoms with van der Waals surface area (Å²) in [6, 6.07) is 22.5. The summed E-state index contributed by atoms with van der Waals surface area (Å²) in [6.07, 6.45) is 4.14. The maximum Gasteiger partial charge on any atom is 0.156 e. The number of quaternary nitrogens is 1. The highest BCUT2D eigenvalue weighted by molar-refractivity contribution is 5.85. The van der Waals surface area contributed by atoms with E-state index in [0.717, 1.165) is 23.2 Å². The highest BCUT2D eigenvalue weighted by Gasteiger charge is 2.91. The van der Waals surface area contributed by atoms with Crippen molar-refractivity contribution in [1.29, 1.82) is 0 Å². The second-order valence-electron chi connectivity index (χ2n) is 8.44. The molecule has 0 N–H and O–H groups in total. The molecule has 3 fully saturated rings. The van der Waals surface area contributed by atoms with Gasteiger partial charge in [0, 0.05) is 36.1 Å². The van der Waals surface area contributed by atoms with E-state index < -0.39 is 0 Å². The van der Waals surface area contributed by atoms with Crippen LogP contribution in [0.4, 0.5) is 0 Å². The molecule has 2 aliphatic heterocycles. The van der Waals surface area contributed by atoms with Gasteiger partial charge in [-0.2, -0.15) is 0 Å². The molecule has 0 bridgehead atoms. The van der Waals surface area contributed by atoms with Crippen molar-refractivity contribution in [3.05, 3.63) is 66.2 Å². The zero-order valence-electron chi connectivity index (χ0n) is 14.7. The van der Waals surface area contributed by atoms with Gasteiger partial charge in [-0.15, -0.1) is 0 Å². The van der Waals surface area contributed by atoms with Gasteiger partial charge in [0.15, 0.2) is 5.54 Å². The molecule has 4 atom stereocenters. The van der Waals surface area contributed by atoms with E-state index in [2.05, 4.69) is 67.7 Å². The normalized spacial score (nSPS) is 34.6. The maximum absolute atomic E-state index is 4.95. The Bertz CT molecular complexity index is 991. The van der Waals surface area contributed by atoms with Crippen LogP contribution in [0.1, 0.15) is 18.4 Å². The summed E-state index contributed by atoms with van der Waals surface area (Å²) in [6.45, 7) is 1.39. The minimum Gasteiger partial charge on any atom is -0.308 e. The number of rotatable bonds is 3. The second-order valence-corrected chi connectivity index (χ2v) is 8.44. The molecule has 2 heteroatoms. The van der Waals surface area contributed by atoms with E-state index in [-0.39, 0.29) is 0 Å². The van der Waals surface area contributed by atoms with Crippen molar-refractivity contribution < 1.29 is 4.48 Å². The Morgan fingerprint density at radius 3 is 2.64 bits per heavy atom. The molecule has 1 saturated carbocycles.